The summed E-state index contributed by atoms with van der Waals surface area (Å²) in [4.78, 5) is 27.2. The zero-order chi connectivity index (χ0) is 25.6. The highest BCUT2D eigenvalue weighted by Crippen LogP contribution is 2.41. The molecule has 0 aliphatic carbocycles. The maximum Gasteiger partial charge on any atom is 0.321 e. The number of aromatic nitrogens is 2. The lowest BCUT2D eigenvalue weighted by molar-refractivity contribution is -0.144. The summed E-state index contributed by atoms with van der Waals surface area (Å²) in [7, 11) is 0. The summed E-state index contributed by atoms with van der Waals surface area (Å²) in [5.41, 5.74) is 2.68. The SMILES string of the molecule is C[C@@H]1C(=O)N(c2ccc3c(cnn3-c3ccc(F)cc3)c2)C(c2ccccc2)[C@H]1NC(=O)C(C)(F)F. The van der Waals surface area contributed by atoms with Crippen molar-refractivity contribution in [2.75, 3.05) is 4.90 Å². The number of benzene rings is 3. The maximum absolute atomic E-state index is 13.7. The van der Waals surface area contributed by atoms with Crippen LogP contribution in [0.25, 0.3) is 16.6 Å². The van der Waals surface area contributed by atoms with Gasteiger partial charge in [0, 0.05) is 18.0 Å². The van der Waals surface area contributed by atoms with Gasteiger partial charge in [-0.1, -0.05) is 37.3 Å². The third-order valence-electron chi connectivity index (χ3n) is 6.52. The van der Waals surface area contributed by atoms with E-state index in [9.17, 15) is 22.8 Å². The molecule has 184 valence electrons. The first-order valence-corrected chi connectivity index (χ1v) is 11.5. The van der Waals surface area contributed by atoms with E-state index in [1.807, 2.05) is 6.07 Å². The first-order valence-electron chi connectivity index (χ1n) is 11.5. The van der Waals surface area contributed by atoms with Crippen molar-refractivity contribution in [3.63, 3.8) is 0 Å². The van der Waals surface area contributed by atoms with Gasteiger partial charge in [0.15, 0.2) is 0 Å². The molecule has 1 fully saturated rings. The summed E-state index contributed by atoms with van der Waals surface area (Å²) in [6.45, 7) is 2.16. The average Bonchev–Trinajstić information content (AvgIpc) is 3.38. The van der Waals surface area contributed by atoms with Gasteiger partial charge in [-0.2, -0.15) is 13.9 Å². The molecule has 36 heavy (non-hydrogen) atoms. The van der Waals surface area contributed by atoms with E-state index < -0.39 is 29.8 Å². The van der Waals surface area contributed by atoms with Gasteiger partial charge in [-0.3, -0.25) is 9.59 Å². The van der Waals surface area contributed by atoms with Gasteiger partial charge in [0.1, 0.15) is 5.82 Å². The molecule has 3 atom stereocenters. The summed E-state index contributed by atoms with van der Waals surface area (Å²) in [5.74, 6) is -6.39. The molecule has 0 radical (unpaired) electrons. The summed E-state index contributed by atoms with van der Waals surface area (Å²) in [6.07, 6.45) is 1.64. The standard InChI is InChI=1S/C27H23F3N4O2/c1-16-23(32-26(36)27(2,29)30)24(17-6-4-3-5-7-17)33(25(16)35)21-12-13-22-18(14-21)15-31-34(22)20-10-8-19(28)9-11-20/h3-16,23-24H,1-2H3,(H,32,36)/t16-,23-,24?/m0/s1. The molecule has 1 aliphatic heterocycles. The van der Waals surface area contributed by atoms with Crippen molar-refractivity contribution in [1.29, 1.82) is 0 Å². The normalized spacial score (nSPS) is 20.2. The van der Waals surface area contributed by atoms with Gasteiger partial charge >= 0.3 is 5.92 Å². The quantitative estimate of drug-likeness (QED) is 0.425. The number of fused-ring (bicyclic) bond motifs is 1. The van der Waals surface area contributed by atoms with Crippen molar-refractivity contribution >= 4 is 28.4 Å². The number of hydrogen-bond donors (Lipinski definition) is 1. The van der Waals surface area contributed by atoms with E-state index in [1.165, 1.54) is 12.1 Å². The number of nitrogens with one attached hydrogen (secondary N) is 1. The molecule has 6 nitrogen and oxygen atoms in total. The third-order valence-corrected chi connectivity index (χ3v) is 6.52. The second kappa shape index (κ2) is 8.82. The molecule has 2 amide bonds. The van der Waals surface area contributed by atoms with Crippen molar-refractivity contribution < 1.29 is 22.8 Å². The molecule has 0 saturated carbocycles. The topological polar surface area (TPSA) is 67.2 Å². The van der Waals surface area contributed by atoms with Gasteiger partial charge in [-0.05, 0) is 48.0 Å². The van der Waals surface area contributed by atoms with Crippen LogP contribution >= 0.6 is 0 Å². The molecule has 3 aromatic carbocycles. The monoisotopic (exact) mass is 492 g/mol. The third kappa shape index (κ3) is 4.10. The Morgan fingerprint density at radius 2 is 1.67 bits per heavy atom. The van der Waals surface area contributed by atoms with E-state index in [2.05, 4.69) is 10.4 Å². The highest BCUT2D eigenvalue weighted by atomic mass is 19.3. The second-order valence-electron chi connectivity index (χ2n) is 9.02. The van der Waals surface area contributed by atoms with E-state index in [0.717, 1.165) is 10.9 Å². The van der Waals surface area contributed by atoms with Crippen LogP contribution in [0.5, 0.6) is 0 Å². The molecular weight excluding hydrogens is 469 g/mol. The van der Waals surface area contributed by atoms with Gasteiger partial charge in [0.05, 0.1) is 35.4 Å². The Hall–Kier alpha value is -4.14. The fourth-order valence-electron chi connectivity index (χ4n) is 4.68. The molecule has 4 aromatic rings. The second-order valence-corrected chi connectivity index (χ2v) is 9.02. The van der Waals surface area contributed by atoms with Crippen LogP contribution in [0.4, 0.5) is 18.9 Å². The highest BCUT2D eigenvalue weighted by molar-refractivity contribution is 6.01. The highest BCUT2D eigenvalue weighted by Gasteiger charge is 2.49. The van der Waals surface area contributed by atoms with Gasteiger partial charge in [-0.25, -0.2) is 9.07 Å². The number of nitrogens with zero attached hydrogens (tertiary/aromatic N) is 3. The van der Waals surface area contributed by atoms with E-state index in [0.29, 0.717) is 23.9 Å². The fraction of sp³-hybridized carbons (Fsp3) is 0.222. The number of hydrogen-bond acceptors (Lipinski definition) is 3. The molecule has 1 aromatic heterocycles. The molecule has 1 saturated heterocycles. The number of amides is 2. The molecule has 5 rings (SSSR count). The average molecular weight is 493 g/mol. The number of halogens is 3. The molecule has 9 heteroatoms. The van der Waals surface area contributed by atoms with Crippen LogP contribution in [0.15, 0.2) is 79.0 Å². The van der Waals surface area contributed by atoms with Crippen molar-refractivity contribution in [3.8, 4) is 5.69 Å². The van der Waals surface area contributed by atoms with Crippen LogP contribution in [-0.4, -0.2) is 33.6 Å². The molecule has 1 unspecified atom stereocenters. The fourth-order valence-corrected chi connectivity index (χ4v) is 4.68. The van der Waals surface area contributed by atoms with E-state index >= 15 is 0 Å². The minimum absolute atomic E-state index is 0.293. The molecular formula is C27H23F3N4O2. The Bertz CT molecular complexity index is 1430. The van der Waals surface area contributed by atoms with Gasteiger partial charge in [0.2, 0.25) is 5.91 Å². The van der Waals surface area contributed by atoms with Crippen molar-refractivity contribution in [2.45, 2.75) is 31.9 Å². The zero-order valence-corrected chi connectivity index (χ0v) is 19.5. The van der Waals surface area contributed by atoms with Crippen LogP contribution in [0.1, 0.15) is 25.5 Å². The van der Waals surface area contributed by atoms with Crippen molar-refractivity contribution in [2.24, 2.45) is 5.92 Å². The summed E-state index contributed by atoms with van der Waals surface area (Å²) < 4.78 is 42.5. The smallest absolute Gasteiger partial charge is 0.321 e. The predicted octanol–water partition coefficient (Wildman–Crippen LogP) is 5.03. The Morgan fingerprint density at radius 1 is 1.00 bits per heavy atom. The first kappa shape index (κ1) is 23.6. The largest absolute Gasteiger partial charge is 0.345 e. The minimum Gasteiger partial charge on any atom is -0.345 e. The van der Waals surface area contributed by atoms with Crippen LogP contribution in [0.2, 0.25) is 0 Å². The lowest BCUT2D eigenvalue weighted by atomic mass is 9.94. The van der Waals surface area contributed by atoms with Crippen molar-refractivity contribution in [3.05, 3.63) is 90.4 Å². The predicted molar refractivity (Wildman–Crippen MR) is 129 cm³/mol. The molecule has 1 N–H and O–H groups in total. The van der Waals surface area contributed by atoms with Gasteiger partial charge in [-0.15, -0.1) is 0 Å². The van der Waals surface area contributed by atoms with Crippen LogP contribution in [0, 0.1) is 11.7 Å². The number of rotatable bonds is 5. The molecule has 0 spiro atoms. The Labute approximate surface area is 205 Å². The van der Waals surface area contributed by atoms with Crippen LogP contribution < -0.4 is 10.2 Å². The first-order chi connectivity index (χ1) is 17.1. The van der Waals surface area contributed by atoms with Gasteiger partial charge < -0.3 is 10.2 Å². The van der Waals surface area contributed by atoms with Gasteiger partial charge in [0.25, 0.3) is 5.91 Å². The Balaban J connectivity index is 1.57. The number of alkyl halides is 2. The molecule has 2 heterocycles. The number of anilines is 1. The van der Waals surface area contributed by atoms with E-state index in [-0.39, 0.29) is 11.7 Å². The van der Waals surface area contributed by atoms with E-state index in [4.69, 9.17) is 0 Å². The van der Waals surface area contributed by atoms with Crippen LogP contribution in [-0.2, 0) is 9.59 Å². The van der Waals surface area contributed by atoms with E-state index in [1.54, 1.807) is 77.3 Å². The lowest BCUT2D eigenvalue weighted by Crippen LogP contribution is -2.48. The Morgan fingerprint density at radius 3 is 2.33 bits per heavy atom. The summed E-state index contributed by atoms with van der Waals surface area (Å²) in [5, 5.41) is 7.56. The van der Waals surface area contributed by atoms with Crippen molar-refractivity contribution in [1.82, 2.24) is 15.1 Å². The number of carbonyl (C=O) groups is 2. The molecule has 0 bridgehead atoms. The van der Waals surface area contributed by atoms with Crippen LogP contribution in [0.3, 0.4) is 0 Å². The number of carbonyl (C=O) groups excluding carboxylic acids is 2. The summed E-state index contributed by atoms with van der Waals surface area (Å²) in [6, 6.07) is 18.7. The maximum atomic E-state index is 13.7. The lowest BCUT2D eigenvalue weighted by Gasteiger charge is -2.30. The zero-order valence-electron chi connectivity index (χ0n) is 19.5. The Kier molecular flexibility index (Phi) is 5.78. The summed E-state index contributed by atoms with van der Waals surface area (Å²) >= 11 is 0. The molecule has 1 aliphatic rings. The minimum atomic E-state index is -3.58.